The fourth-order valence-electron chi connectivity index (χ4n) is 15.3. The van der Waals surface area contributed by atoms with Gasteiger partial charge in [-0.3, -0.25) is 24.0 Å². The van der Waals surface area contributed by atoms with Gasteiger partial charge in [0, 0.05) is 48.5 Å². The van der Waals surface area contributed by atoms with Crippen LogP contribution in [0, 0.1) is 0 Å². The van der Waals surface area contributed by atoms with Crippen LogP contribution in [0.15, 0.2) is 140 Å². The van der Waals surface area contributed by atoms with Crippen molar-refractivity contribution in [2.24, 2.45) is 0 Å². The SMILES string of the molecule is O=C1c2c(O)cc(O)cc2OC(c2ccc(O)c(O)c2)C1O.O=C1c2c(O)cc(O)cc2O[C@@H](c2ccc(O)c(O)c2)[C@@H]1O.O=C1c2c(O)cc(O)cc2O[C@H](c2ccc(O)c(O)c2)[C@H]1O.O=C1c2c(cc(O)c(C3OC(CO)C(O)C(O)C3O)c2O)O[C@@H](c2ccc(O)c(O)c2)[C@@H]1O.O=C1c2c(cc(O)c(C3OC(CO)C(O)C(O)C3O)c2O)O[C@H](c2ccc(O)c(O)c2)[C@H]1O. The Labute approximate surface area is 737 Å². The summed E-state index contributed by atoms with van der Waals surface area (Å²) in [7, 11) is 0. The number of rotatable bonds is 9. The van der Waals surface area contributed by atoms with Crippen molar-refractivity contribution >= 4 is 28.9 Å². The van der Waals surface area contributed by atoms with Gasteiger partial charge in [0.2, 0.25) is 28.9 Å². The molecule has 0 amide bonds. The molecule has 20 atom stereocenters. The van der Waals surface area contributed by atoms with Crippen LogP contribution >= 0.6 is 0 Å². The van der Waals surface area contributed by atoms with Gasteiger partial charge in [0.15, 0.2) is 119 Å². The van der Waals surface area contributed by atoms with E-state index >= 15 is 0 Å². The van der Waals surface area contributed by atoms with Gasteiger partial charge in [-0.1, -0.05) is 30.3 Å². The summed E-state index contributed by atoms with van der Waals surface area (Å²) in [5.74, 6) is -15.0. The zero-order valence-electron chi connectivity index (χ0n) is 66.9. The lowest BCUT2D eigenvalue weighted by atomic mass is 9.86. The number of ether oxygens (including phenoxy) is 7. The molecule has 0 spiro atoms. The molecule has 2 fully saturated rings. The molecular weight excluding hydrogens is 1760 g/mol. The van der Waals surface area contributed by atoms with Crippen molar-refractivity contribution in [2.75, 3.05) is 13.2 Å². The molecule has 45 nitrogen and oxygen atoms in total. The molecule has 33 N–H and O–H groups in total. The molecule has 45 heteroatoms. The molecule has 0 aliphatic carbocycles. The molecular formula is C87H80O45. The van der Waals surface area contributed by atoms with Crippen LogP contribution < -0.4 is 23.7 Å². The lowest BCUT2D eigenvalue weighted by Crippen LogP contribution is -2.55. The summed E-state index contributed by atoms with van der Waals surface area (Å²) in [6.07, 6.45) is -31.3. The first kappa shape index (κ1) is 94.6. The minimum atomic E-state index is -1.86. The second-order valence-electron chi connectivity index (χ2n) is 30.6. The summed E-state index contributed by atoms with van der Waals surface area (Å²) in [5.41, 5.74) is -1.76. The second kappa shape index (κ2) is 37.2. The topological polar surface area (TPSA) is 818 Å². The Balaban J connectivity index is 0.000000142. The van der Waals surface area contributed by atoms with E-state index in [-0.39, 0.29) is 108 Å². The van der Waals surface area contributed by atoms with Gasteiger partial charge in [-0.25, -0.2) is 0 Å². The van der Waals surface area contributed by atoms with Crippen LogP contribution in [0.3, 0.4) is 0 Å². The normalized spacial score (nSPS) is 26.0. The lowest BCUT2D eigenvalue weighted by Gasteiger charge is -2.41. The van der Waals surface area contributed by atoms with E-state index in [0.29, 0.717) is 0 Å². The number of carbonyl (C=O) groups is 5. The fraction of sp³-hybridized carbons (Fsp3) is 0.253. The third kappa shape index (κ3) is 17.8. The Morgan fingerprint density at radius 2 is 0.424 bits per heavy atom. The number of phenolic OH excluding ortho intramolecular Hbond substituents is 20. The van der Waals surface area contributed by atoms with Crippen LogP contribution in [0.5, 0.6) is 144 Å². The van der Waals surface area contributed by atoms with E-state index in [1.165, 1.54) is 48.5 Å². The third-order valence-corrected chi connectivity index (χ3v) is 22.0. The molecule has 7 aliphatic rings. The standard InChI is InChI=1S/2C21H22O12.3C15H12O7/c2*22-5-11-14(26)17(29)19(31)21(33-11)12-9(25)4-10-13(15(12)27)16(28)18(30)20(32-10)6-1-2-7(23)8(24)3-6;3*16-7-4-10(19)12-11(5-7)22-15(14(21)13(12)20)6-1-2-8(17)9(18)3-6/h2*1-4,11,14,17-27,29-31H,5H2;3*1-5,14-19,21H/t2*11?,14?,17?,18-,19?,20+,21?;2*14-,15+;/m1010./s1. The monoisotopic (exact) mass is 1840 g/mol. The van der Waals surface area contributed by atoms with Crippen molar-refractivity contribution in [2.45, 2.75) is 122 Å². The number of ketones is 5. The number of hydrogen-bond donors (Lipinski definition) is 33. The highest BCUT2D eigenvalue weighted by atomic mass is 16.6. The summed E-state index contributed by atoms with van der Waals surface area (Å²) < 4.78 is 38.3. The Morgan fingerprint density at radius 3 is 0.636 bits per heavy atom. The van der Waals surface area contributed by atoms with Crippen molar-refractivity contribution in [1.29, 1.82) is 0 Å². The minimum absolute atomic E-state index is 0.0784. The molecule has 698 valence electrons. The van der Waals surface area contributed by atoms with Gasteiger partial charge in [0.25, 0.3) is 0 Å². The number of aliphatic hydroxyl groups excluding tert-OH is 13. The molecule has 0 bridgehead atoms. The van der Waals surface area contributed by atoms with Crippen molar-refractivity contribution in [3.63, 3.8) is 0 Å². The molecule has 2 saturated heterocycles. The van der Waals surface area contributed by atoms with Crippen LogP contribution in [0.2, 0.25) is 0 Å². The van der Waals surface area contributed by atoms with E-state index in [1.54, 1.807) is 0 Å². The summed E-state index contributed by atoms with van der Waals surface area (Å²) in [6.45, 7) is -1.51. The van der Waals surface area contributed by atoms with Crippen LogP contribution in [-0.2, 0) is 9.47 Å². The van der Waals surface area contributed by atoms with Crippen molar-refractivity contribution in [3.8, 4) is 144 Å². The molecule has 132 heavy (non-hydrogen) atoms. The Kier molecular flexibility index (Phi) is 26.6. The predicted octanol–water partition coefficient (Wildman–Crippen LogP) is 0.961. The molecule has 0 aromatic heterocycles. The summed E-state index contributed by atoms with van der Waals surface area (Å²) in [4.78, 5) is 62.4. The highest BCUT2D eigenvalue weighted by molar-refractivity contribution is 6.09. The maximum Gasteiger partial charge on any atom is 0.202 e. The average Bonchev–Trinajstić information content (AvgIpc) is 0.754. The maximum absolute atomic E-state index is 12.9. The zero-order chi connectivity index (χ0) is 96.4. The number of Topliss-reactive ketones (excluding diaryl/α,β-unsaturated/α-hetero) is 5. The average molecular weight is 1850 g/mol. The summed E-state index contributed by atoms with van der Waals surface area (Å²) >= 11 is 0. The smallest absolute Gasteiger partial charge is 0.202 e. The second-order valence-corrected chi connectivity index (χ2v) is 30.6. The van der Waals surface area contributed by atoms with E-state index in [9.17, 15) is 192 Å². The van der Waals surface area contributed by atoms with Crippen LogP contribution in [0.25, 0.3) is 0 Å². The molecule has 7 heterocycles. The summed E-state index contributed by atoms with van der Waals surface area (Å²) in [6, 6.07) is 26.4. The first-order valence-corrected chi connectivity index (χ1v) is 38.8. The Morgan fingerprint density at radius 1 is 0.212 bits per heavy atom. The van der Waals surface area contributed by atoms with Gasteiger partial charge in [0.05, 0.1) is 24.3 Å². The highest BCUT2D eigenvalue weighted by Crippen LogP contribution is 2.55. The molecule has 17 rings (SSSR count). The predicted molar refractivity (Wildman–Crippen MR) is 432 cm³/mol. The Hall–Kier alpha value is -15.1. The Bertz CT molecular complexity index is 5690. The third-order valence-electron chi connectivity index (χ3n) is 22.0. The lowest BCUT2D eigenvalue weighted by molar-refractivity contribution is -0.232. The number of phenols is 20. The van der Waals surface area contributed by atoms with Gasteiger partial charge in [-0.15, -0.1) is 0 Å². The van der Waals surface area contributed by atoms with E-state index < -0.39 is 267 Å². The number of hydrogen-bond acceptors (Lipinski definition) is 45. The van der Waals surface area contributed by atoms with E-state index in [1.807, 2.05) is 0 Å². The number of carbonyl (C=O) groups excluding carboxylic acids is 5. The highest BCUT2D eigenvalue weighted by Gasteiger charge is 2.52. The van der Waals surface area contributed by atoms with Crippen molar-refractivity contribution in [3.05, 3.63) is 206 Å². The molecule has 12 unspecified atom stereocenters. The molecule has 7 aliphatic heterocycles. The number of fused-ring (bicyclic) bond motifs is 5. The van der Waals surface area contributed by atoms with Gasteiger partial charge < -0.3 is 202 Å². The fourth-order valence-corrected chi connectivity index (χ4v) is 15.3. The molecule has 10 aromatic rings. The van der Waals surface area contributed by atoms with Crippen LogP contribution in [0.4, 0.5) is 0 Å². The van der Waals surface area contributed by atoms with Crippen molar-refractivity contribution < 1.29 is 226 Å². The van der Waals surface area contributed by atoms with E-state index in [0.717, 1.165) is 91.0 Å². The van der Waals surface area contributed by atoms with Gasteiger partial charge in [-0.05, 0) is 88.5 Å². The van der Waals surface area contributed by atoms with Gasteiger partial charge >= 0.3 is 0 Å². The minimum Gasteiger partial charge on any atom is -0.508 e. The largest absolute Gasteiger partial charge is 0.508 e. The van der Waals surface area contributed by atoms with Crippen molar-refractivity contribution in [1.82, 2.24) is 0 Å². The number of aromatic hydroxyl groups is 20. The number of aliphatic hydroxyl groups is 13. The van der Waals surface area contributed by atoms with E-state index in [2.05, 4.69) is 0 Å². The maximum atomic E-state index is 12.9. The van der Waals surface area contributed by atoms with Crippen LogP contribution in [-0.4, -0.2) is 290 Å². The van der Waals surface area contributed by atoms with Crippen LogP contribution in [0.1, 0.15) is 133 Å². The van der Waals surface area contributed by atoms with Gasteiger partial charge in [-0.2, -0.15) is 0 Å². The first-order valence-electron chi connectivity index (χ1n) is 38.8. The number of benzene rings is 10. The molecule has 10 aromatic carbocycles. The zero-order valence-corrected chi connectivity index (χ0v) is 66.9. The molecule has 0 radical (unpaired) electrons. The molecule has 0 saturated carbocycles. The first-order chi connectivity index (χ1) is 62.3. The quantitative estimate of drug-likeness (QED) is 0.0895. The van der Waals surface area contributed by atoms with E-state index in [4.69, 9.17) is 33.2 Å². The summed E-state index contributed by atoms with van der Waals surface area (Å²) in [5, 5.41) is 326. The van der Waals surface area contributed by atoms with Gasteiger partial charge in [0.1, 0.15) is 175 Å².